The highest BCUT2D eigenvalue weighted by molar-refractivity contribution is 5.91. The third-order valence-corrected chi connectivity index (χ3v) is 2.61. The summed E-state index contributed by atoms with van der Waals surface area (Å²) in [5, 5.41) is 9.50. The SMILES string of the molecule is CC(C)Oc1ccc(CC2=C(O)COC2=O)cc1. The number of ether oxygens (including phenoxy) is 2. The molecule has 0 atom stereocenters. The Kier molecular flexibility index (Phi) is 3.55. The lowest BCUT2D eigenvalue weighted by Gasteiger charge is -2.10. The molecule has 18 heavy (non-hydrogen) atoms. The first kappa shape index (κ1) is 12.5. The van der Waals surface area contributed by atoms with Crippen LogP contribution in [-0.2, 0) is 16.0 Å². The molecule has 2 rings (SSSR count). The Labute approximate surface area is 106 Å². The van der Waals surface area contributed by atoms with Crippen molar-refractivity contribution in [3.8, 4) is 5.75 Å². The van der Waals surface area contributed by atoms with E-state index in [0.717, 1.165) is 11.3 Å². The highest BCUT2D eigenvalue weighted by atomic mass is 16.5. The van der Waals surface area contributed by atoms with Gasteiger partial charge in [0.05, 0.1) is 11.7 Å². The molecule has 4 nitrogen and oxygen atoms in total. The number of rotatable bonds is 4. The second-order valence-electron chi connectivity index (χ2n) is 4.49. The summed E-state index contributed by atoms with van der Waals surface area (Å²) >= 11 is 0. The lowest BCUT2D eigenvalue weighted by molar-refractivity contribution is -0.136. The van der Waals surface area contributed by atoms with Gasteiger partial charge in [0, 0.05) is 6.42 Å². The molecule has 0 aromatic heterocycles. The maximum absolute atomic E-state index is 11.3. The van der Waals surface area contributed by atoms with Gasteiger partial charge in [0.2, 0.25) is 0 Å². The zero-order valence-corrected chi connectivity index (χ0v) is 10.5. The molecule has 0 unspecified atom stereocenters. The van der Waals surface area contributed by atoms with Gasteiger partial charge in [-0.05, 0) is 31.5 Å². The Hall–Kier alpha value is -1.97. The Bertz CT molecular complexity index is 471. The molecule has 4 heteroatoms. The van der Waals surface area contributed by atoms with Crippen LogP contribution in [0.5, 0.6) is 5.75 Å². The van der Waals surface area contributed by atoms with Gasteiger partial charge in [-0.15, -0.1) is 0 Å². The number of cyclic esters (lactones) is 1. The van der Waals surface area contributed by atoms with E-state index in [1.54, 1.807) is 0 Å². The smallest absolute Gasteiger partial charge is 0.338 e. The van der Waals surface area contributed by atoms with Crippen LogP contribution >= 0.6 is 0 Å². The van der Waals surface area contributed by atoms with Crippen molar-refractivity contribution in [2.45, 2.75) is 26.4 Å². The number of carbonyl (C=O) groups excluding carboxylic acids is 1. The van der Waals surface area contributed by atoms with Crippen molar-refractivity contribution in [1.82, 2.24) is 0 Å². The van der Waals surface area contributed by atoms with Crippen molar-refractivity contribution in [2.24, 2.45) is 0 Å². The van der Waals surface area contributed by atoms with Crippen LogP contribution in [0.3, 0.4) is 0 Å². The molecular weight excluding hydrogens is 232 g/mol. The van der Waals surface area contributed by atoms with Crippen molar-refractivity contribution >= 4 is 5.97 Å². The predicted molar refractivity (Wildman–Crippen MR) is 66.5 cm³/mol. The third-order valence-electron chi connectivity index (χ3n) is 2.61. The van der Waals surface area contributed by atoms with Crippen LogP contribution in [0.1, 0.15) is 19.4 Å². The van der Waals surface area contributed by atoms with E-state index in [4.69, 9.17) is 9.47 Å². The number of esters is 1. The summed E-state index contributed by atoms with van der Waals surface area (Å²) in [5.74, 6) is 0.387. The first-order valence-corrected chi connectivity index (χ1v) is 5.90. The van der Waals surface area contributed by atoms with Gasteiger partial charge in [0.15, 0.2) is 0 Å². The van der Waals surface area contributed by atoms with E-state index in [2.05, 4.69) is 0 Å². The van der Waals surface area contributed by atoms with Gasteiger partial charge in [-0.3, -0.25) is 0 Å². The van der Waals surface area contributed by atoms with Crippen molar-refractivity contribution in [3.63, 3.8) is 0 Å². The quantitative estimate of drug-likeness (QED) is 0.831. The Balaban J connectivity index is 2.07. The average Bonchev–Trinajstić information content (AvgIpc) is 2.63. The number of aliphatic hydroxyl groups is 1. The van der Waals surface area contributed by atoms with Crippen molar-refractivity contribution in [3.05, 3.63) is 41.2 Å². The van der Waals surface area contributed by atoms with Crippen LogP contribution in [0.15, 0.2) is 35.6 Å². The molecule has 1 aromatic rings. The summed E-state index contributed by atoms with van der Waals surface area (Å²) in [7, 11) is 0. The van der Waals surface area contributed by atoms with E-state index in [0.29, 0.717) is 12.0 Å². The van der Waals surface area contributed by atoms with Crippen LogP contribution in [0, 0.1) is 0 Å². The second kappa shape index (κ2) is 5.12. The molecule has 0 spiro atoms. The van der Waals surface area contributed by atoms with Gasteiger partial charge in [0.25, 0.3) is 0 Å². The summed E-state index contributed by atoms with van der Waals surface area (Å²) in [6, 6.07) is 7.47. The molecule has 0 amide bonds. The van der Waals surface area contributed by atoms with E-state index >= 15 is 0 Å². The molecule has 0 bridgehead atoms. The fourth-order valence-corrected chi connectivity index (χ4v) is 1.76. The monoisotopic (exact) mass is 248 g/mol. The van der Waals surface area contributed by atoms with E-state index < -0.39 is 5.97 Å². The summed E-state index contributed by atoms with van der Waals surface area (Å²) in [4.78, 5) is 11.3. The van der Waals surface area contributed by atoms with E-state index in [1.807, 2.05) is 38.1 Å². The number of hydrogen-bond acceptors (Lipinski definition) is 4. The second-order valence-corrected chi connectivity index (χ2v) is 4.49. The minimum absolute atomic E-state index is 0.0112. The zero-order chi connectivity index (χ0) is 13.1. The Morgan fingerprint density at radius 3 is 2.50 bits per heavy atom. The topological polar surface area (TPSA) is 55.8 Å². The van der Waals surface area contributed by atoms with Gasteiger partial charge in [-0.1, -0.05) is 12.1 Å². The molecular formula is C14H16O4. The van der Waals surface area contributed by atoms with Gasteiger partial charge < -0.3 is 14.6 Å². The highest BCUT2D eigenvalue weighted by Crippen LogP contribution is 2.20. The van der Waals surface area contributed by atoms with Crippen molar-refractivity contribution in [1.29, 1.82) is 0 Å². The van der Waals surface area contributed by atoms with Gasteiger partial charge in [0.1, 0.15) is 18.1 Å². The molecule has 0 aliphatic carbocycles. The summed E-state index contributed by atoms with van der Waals surface area (Å²) in [6.07, 6.45) is 0.513. The Morgan fingerprint density at radius 1 is 1.33 bits per heavy atom. The van der Waals surface area contributed by atoms with Crippen LogP contribution in [0.25, 0.3) is 0 Å². The lowest BCUT2D eigenvalue weighted by Crippen LogP contribution is -2.06. The van der Waals surface area contributed by atoms with Crippen LogP contribution in [0.4, 0.5) is 0 Å². The predicted octanol–water partition coefficient (Wildman–Crippen LogP) is 2.39. The minimum atomic E-state index is -0.435. The van der Waals surface area contributed by atoms with E-state index in [1.165, 1.54) is 0 Å². The lowest BCUT2D eigenvalue weighted by atomic mass is 10.1. The summed E-state index contributed by atoms with van der Waals surface area (Å²) in [5.41, 5.74) is 1.28. The van der Waals surface area contributed by atoms with Gasteiger partial charge >= 0.3 is 5.97 Å². The number of aliphatic hydroxyl groups excluding tert-OH is 1. The first-order valence-electron chi connectivity index (χ1n) is 5.90. The summed E-state index contributed by atoms with van der Waals surface area (Å²) < 4.78 is 10.3. The van der Waals surface area contributed by atoms with Crippen LogP contribution in [0.2, 0.25) is 0 Å². The molecule has 1 aliphatic heterocycles. The van der Waals surface area contributed by atoms with Crippen molar-refractivity contribution in [2.75, 3.05) is 6.61 Å². The molecule has 96 valence electrons. The molecule has 1 aromatic carbocycles. The van der Waals surface area contributed by atoms with Crippen LogP contribution < -0.4 is 4.74 Å². The third kappa shape index (κ3) is 2.83. The first-order chi connectivity index (χ1) is 8.56. The summed E-state index contributed by atoms with van der Waals surface area (Å²) in [6.45, 7) is 3.92. The minimum Gasteiger partial charge on any atom is -0.508 e. The normalized spacial score (nSPS) is 15.2. The highest BCUT2D eigenvalue weighted by Gasteiger charge is 2.24. The van der Waals surface area contributed by atoms with Crippen LogP contribution in [-0.4, -0.2) is 23.8 Å². The number of benzene rings is 1. The average molecular weight is 248 g/mol. The van der Waals surface area contributed by atoms with E-state index in [-0.39, 0.29) is 18.5 Å². The molecule has 1 aliphatic rings. The van der Waals surface area contributed by atoms with Gasteiger partial charge in [-0.25, -0.2) is 4.79 Å². The molecule has 1 heterocycles. The standard InChI is InChI=1S/C14H16O4/c1-9(2)18-11-5-3-10(4-6-11)7-12-13(15)8-17-14(12)16/h3-6,9,15H,7-8H2,1-2H3. The maximum Gasteiger partial charge on any atom is 0.338 e. The molecule has 0 saturated carbocycles. The van der Waals surface area contributed by atoms with Crippen molar-refractivity contribution < 1.29 is 19.4 Å². The fraction of sp³-hybridized carbons (Fsp3) is 0.357. The Morgan fingerprint density at radius 2 is 2.00 bits per heavy atom. The zero-order valence-electron chi connectivity index (χ0n) is 10.5. The maximum atomic E-state index is 11.3. The fourth-order valence-electron chi connectivity index (χ4n) is 1.76. The molecule has 0 saturated heterocycles. The molecule has 0 fully saturated rings. The van der Waals surface area contributed by atoms with Gasteiger partial charge in [-0.2, -0.15) is 0 Å². The van der Waals surface area contributed by atoms with E-state index in [9.17, 15) is 9.90 Å². The molecule has 0 radical (unpaired) electrons. The number of hydrogen-bond donors (Lipinski definition) is 1. The molecule has 1 N–H and O–H groups in total. The largest absolute Gasteiger partial charge is 0.508 e. The number of carbonyl (C=O) groups is 1.